The molecule has 7 nitrogen and oxygen atoms in total. The molecule has 0 spiro atoms. The molecule has 1 aliphatic rings. The summed E-state index contributed by atoms with van der Waals surface area (Å²) in [6, 6.07) is 16.6. The van der Waals surface area contributed by atoms with E-state index in [0.717, 1.165) is 18.7 Å². The number of aliphatic hydroxyl groups excluding tert-OH is 1. The van der Waals surface area contributed by atoms with E-state index in [9.17, 15) is 9.90 Å². The van der Waals surface area contributed by atoms with Crippen molar-refractivity contribution in [2.24, 2.45) is 5.73 Å². The van der Waals surface area contributed by atoms with E-state index in [4.69, 9.17) is 15.2 Å². The monoisotopic (exact) mass is 399 g/mol. The predicted octanol–water partition coefficient (Wildman–Crippen LogP) is 1.28. The average Bonchev–Trinajstić information content (AvgIpc) is 2.74. The standard InChI is InChI=1S/C22H29N3O4/c1-28-19-9-5-6-10-20(19)29-16-18(26)15-24-11-13-25(14-12-24)21(22(23)27)17-7-3-2-4-8-17/h2-10,18,21,26H,11-16H2,1H3,(H2,23,27). The molecule has 0 bridgehead atoms. The van der Waals surface area contributed by atoms with E-state index >= 15 is 0 Å². The predicted molar refractivity (Wildman–Crippen MR) is 111 cm³/mol. The molecule has 0 saturated carbocycles. The molecule has 0 aromatic heterocycles. The largest absolute Gasteiger partial charge is 0.493 e. The molecule has 1 aliphatic heterocycles. The van der Waals surface area contributed by atoms with Gasteiger partial charge in [-0.05, 0) is 17.7 Å². The van der Waals surface area contributed by atoms with Crippen molar-refractivity contribution in [1.82, 2.24) is 9.80 Å². The Morgan fingerprint density at radius 2 is 1.66 bits per heavy atom. The number of amides is 1. The molecule has 3 rings (SSSR count). The average molecular weight is 399 g/mol. The normalized spacial score (nSPS) is 17.4. The molecule has 156 valence electrons. The van der Waals surface area contributed by atoms with E-state index in [-0.39, 0.29) is 12.5 Å². The lowest BCUT2D eigenvalue weighted by molar-refractivity contribution is -0.124. The molecule has 2 aromatic rings. The third-order valence-electron chi connectivity index (χ3n) is 5.13. The maximum atomic E-state index is 12.0. The summed E-state index contributed by atoms with van der Waals surface area (Å²) in [7, 11) is 1.59. The lowest BCUT2D eigenvalue weighted by Gasteiger charge is -2.38. The summed E-state index contributed by atoms with van der Waals surface area (Å²) in [5.74, 6) is 0.924. The number of aliphatic hydroxyl groups is 1. The van der Waals surface area contributed by atoms with Crippen molar-refractivity contribution in [1.29, 1.82) is 0 Å². The first-order valence-corrected chi connectivity index (χ1v) is 9.83. The van der Waals surface area contributed by atoms with E-state index in [1.165, 1.54) is 0 Å². The van der Waals surface area contributed by atoms with Gasteiger partial charge < -0.3 is 20.3 Å². The van der Waals surface area contributed by atoms with Crippen molar-refractivity contribution in [3.63, 3.8) is 0 Å². The van der Waals surface area contributed by atoms with Crippen LogP contribution >= 0.6 is 0 Å². The zero-order chi connectivity index (χ0) is 20.6. The van der Waals surface area contributed by atoms with Crippen molar-refractivity contribution in [3.8, 4) is 11.5 Å². The van der Waals surface area contributed by atoms with Gasteiger partial charge in [0, 0.05) is 32.7 Å². The lowest BCUT2D eigenvalue weighted by Crippen LogP contribution is -2.52. The second kappa shape index (κ2) is 10.2. The number of primary amides is 1. The van der Waals surface area contributed by atoms with Crippen LogP contribution in [0.15, 0.2) is 54.6 Å². The van der Waals surface area contributed by atoms with Gasteiger partial charge in [0.25, 0.3) is 0 Å². The minimum Gasteiger partial charge on any atom is -0.493 e. The van der Waals surface area contributed by atoms with Crippen LogP contribution in [-0.4, -0.2) is 73.4 Å². The van der Waals surface area contributed by atoms with Crippen LogP contribution in [0.25, 0.3) is 0 Å². The number of nitrogens with zero attached hydrogens (tertiary/aromatic N) is 2. The highest BCUT2D eigenvalue weighted by Gasteiger charge is 2.29. The highest BCUT2D eigenvalue weighted by atomic mass is 16.5. The van der Waals surface area contributed by atoms with E-state index in [1.807, 2.05) is 54.6 Å². The first-order chi connectivity index (χ1) is 14.1. The van der Waals surface area contributed by atoms with Gasteiger partial charge in [-0.25, -0.2) is 0 Å². The van der Waals surface area contributed by atoms with Crippen molar-refractivity contribution in [3.05, 3.63) is 60.2 Å². The van der Waals surface area contributed by atoms with Crippen molar-refractivity contribution in [2.75, 3.05) is 46.4 Å². The number of piperazine rings is 1. The van der Waals surface area contributed by atoms with Crippen LogP contribution in [0.5, 0.6) is 11.5 Å². The molecule has 1 saturated heterocycles. The van der Waals surface area contributed by atoms with E-state index < -0.39 is 12.1 Å². The zero-order valence-corrected chi connectivity index (χ0v) is 16.7. The number of methoxy groups -OCH3 is 1. The maximum Gasteiger partial charge on any atom is 0.239 e. The van der Waals surface area contributed by atoms with Gasteiger partial charge >= 0.3 is 0 Å². The van der Waals surface area contributed by atoms with Gasteiger partial charge in [-0.1, -0.05) is 42.5 Å². The fourth-order valence-electron chi connectivity index (χ4n) is 3.67. The van der Waals surface area contributed by atoms with Gasteiger partial charge in [0.2, 0.25) is 5.91 Å². The number of ether oxygens (including phenoxy) is 2. The molecular formula is C22H29N3O4. The smallest absolute Gasteiger partial charge is 0.239 e. The summed E-state index contributed by atoms with van der Waals surface area (Å²) in [5.41, 5.74) is 6.59. The topological polar surface area (TPSA) is 88.3 Å². The van der Waals surface area contributed by atoms with Gasteiger partial charge in [-0.2, -0.15) is 0 Å². The van der Waals surface area contributed by atoms with Gasteiger partial charge in [-0.3, -0.25) is 14.6 Å². The van der Waals surface area contributed by atoms with Crippen LogP contribution < -0.4 is 15.2 Å². The van der Waals surface area contributed by atoms with Crippen molar-refractivity contribution < 1.29 is 19.4 Å². The molecule has 2 aromatic carbocycles. The van der Waals surface area contributed by atoms with Crippen LogP contribution in [0, 0.1) is 0 Å². The Balaban J connectivity index is 1.48. The van der Waals surface area contributed by atoms with E-state index in [1.54, 1.807) is 7.11 Å². The minimum atomic E-state index is -0.618. The molecule has 0 radical (unpaired) electrons. The number of hydrogen-bond acceptors (Lipinski definition) is 6. The van der Waals surface area contributed by atoms with Crippen molar-refractivity contribution >= 4 is 5.91 Å². The fourth-order valence-corrected chi connectivity index (χ4v) is 3.67. The molecule has 3 N–H and O–H groups in total. The van der Waals surface area contributed by atoms with E-state index in [0.29, 0.717) is 31.1 Å². The highest BCUT2D eigenvalue weighted by Crippen LogP contribution is 2.26. The van der Waals surface area contributed by atoms with Crippen molar-refractivity contribution in [2.45, 2.75) is 12.1 Å². The Kier molecular flexibility index (Phi) is 7.46. The molecule has 1 amide bonds. The third-order valence-corrected chi connectivity index (χ3v) is 5.13. The summed E-state index contributed by atoms with van der Waals surface area (Å²) in [6.07, 6.45) is -0.618. The number of benzene rings is 2. The number of carbonyl (C=O) groups excluding carboxylic acids is 1. The molecule has 1 heterocycles. The number of hydrogen-bond donors (Lipinski definition) is 2. The molecule has 7 heteroatoms. The third kappa shape index (κ3) is 5.69. The fraction of sp³-hybridized carbons (Fsp3) is 0.409. The maximum absolute atomic E-state index is 12.0. The van der Waals surface area contributed by atoms with Gasteiger partial charge in [0.1, 0.15) is 18.8 Å². The molecule has 2 atom stereocenters. The molecular weight excluding hydrogens is 370 g/mol. The van der Waals surface area contributed by atoms with E-state index in [2.05, 4.69) is 9.80 Å². The zero-order valence-electron chi connectivity index (χ0n) is 16.7. The lowest BCUT2D eigenvalue weighted by atomic mass is 10.0. The highest BCUT2D eigenvalue weighted by molar-refractivity contribution is 5.81. The molecule has 1 fully saturated rings. The Morgan fingerprint density at radius 1 is 1.03 bits per heavy atom. The second-order valence-electron chi connectivity index (χ2n) is 7.17. The quantitative estimate of drug-likeness (QED) is 0.660. The van der Waals surface area contributed by atoms with Crippen LogP contribution in [0.1, 0.15) is 11.6 Å². The molecule has 0 aliphatic carbocycles. The van der Waals surface area contributed by atoms with Crippen LogP contribution in [0.2, 0.25) is 0 Å². The van der Waals surface area contributed by atoms with Crippen LogP contribution in [-0.2, 0) is 4.79 Å². The Bertz CT molecular complexity index is 779. The van der Waals surface area contributed by atoms with Gasteiger partial charge in [0.15, 0.2) is 11.5 Å². The minimum absolute atomic E-state index is 0.189. The van der Waals surface area contributed by atoms with Gasteiger partial charge in [-0.15, -0.1) is 0 Å². The first kappa shape index (κ1) is 21.1. The second-order valence-corrected chi connectivity index (χ2v) is 7.17. The number of rotatable bonds is 9. The van der Waals surface area contributed by atoms with Crippen LogP contribution in [0.3, 0.4) is 0 Å². The number of β-amino-alcohol motifs (C(OH)–C–C–N with tert-alkyl or cyclic N) is 1. The summed E-state index contributed by atoms with van der Waals surface area (Å²) in [5, 5.41) is 10.4. The summed E-state index contributed by atoms with van der Waals surface area (Å²) in [4.78, 5) is 16.3. The molecule has 29 heavy (non-hydrogen) atoms. The number of nitrogens with two attached hydrogens (primary N) is 1. The van der Waals surface area contributed by atoms with Gasteiger partial charge in [0.05, 0.1) is 7.11 Å². The van der Waals surface area contributed by atoms with Crippen LogP contribution in [0.4, 0.5) is 0 Å². The summed E-state index contributed by atoms with van der Waals surface area (Å²) >= 11 is 0. The Morgan fingerprint density at radius 3 is 2.28 bits per heavy atom. The number of carbonyl (C=O) groups is 1. The number of para-hydroxylation sites is 2. The Labute approximate surface area is 171 Å². The summed E-state index contributed by atoms with van der Waals surface area (Å²) < 4.78 is 11.0. The summed E-state index contributed by atoms with van der Waals surface area (Å²) in [6.45, 7) is 3.62. The Hall–Kier alpha value is -2.61. The first-order valence-electron chi connectivity index (χ1n) is 9.83. The molecule has 2 unspecified atom stereocenters. The SMILES string of the molecule is COc1ccccc1OCC(O)CN1CCN(C(C(N)=O)c2ccccc2)CC1.